The van der Waals surface area contributed by atoms with Gasteiger partial charge in [-0.05, 0) is 34.4 Å². The summed E-state index contributed by atoms with van der Waals surface area (Å²) in [5, 5.41) is 19.4. The number of carbonyl (C=O) groups excluding carboxylic acids is 1. The molecule has 0 aliphatic carbocycles. The summed E-state index contributed by atoms with van der Waals surface area (Å²) in [4.78, 5) is 22.4. The molecular formula is C18H12N2O3. The number of nitrogens with zero attached hydrogens (tertiary/aromatic N) is 1. The van der Waals surface area contributed by atoms with E-state index in [0.717, 1.165) is 26.9 Å². The molecule has 0 bridgehead atoms. The summed E-state index contributed by atoms with van der Waals surface area (Å²) in [6.07, 6.45) is 0. The molecule has 23 heavy (non-hydrogen) atoms. The van der Waals surface area contributed by atoms with E-state index in [1.54, 1.807) is 12.1 Å². The molecule has 1 amide bonds. The molecule has 0 unspecified atom stereocenters. The predicted molar refractivity (Wildman–Crippen MR) is 91.1 cm³/mol. The predicted octanol–water partition coefficient (Wildman–Crippen LogP) is 4.45. The number of nitro groups is 1. The molecule has 0 aliphatic heterocycles. The molecule has 112 valence electrons. The van der Waals surface area contributed by atoms with E-state index in [1.165, 1.54) is 13.0 Å². The van der Waals surface area contributed by atoms with Crippen LogP contribution in [-0.4, -0.2) is 10.8 Å². The number of benzene rings is 4. The van der Waals surface area contributed by atoms with Gasteiger partial charge in [-0.15, -0.1) is 0 Å². The zero-order valence-corrected chi connectivity index (χ0v) is 12.3. The highest BCUT2D eigenvalue weighted by Gasteiger charge is 2.17. The Morgan fingerprint density at radius 2 is 1.48 bits per heavy atom. The third-order valence-electron chi connectivity index (χ3n) is 4.15. The average molecular weight is 304 g/mol. The number of nitro benzene ring substituents is 1. The summed E-state index contributed by atoms with van der Waals surface area (Å²) in [5.41, 5.74) is 0.808. The van der Waals surface area contributed by atoms with Gasteiger partial charge in [0.1, 0.15) is 0 Å². The number of nitrogens with one attached hydrogen (secondary N) is 1. The summed E-state index contributed by atoms with van der Waals surface area (Å²) in [5.74, 6) is -0.147. The van der Waals surface area contributed by atoms with Gasteiger partial charge < -0.3 is 5.32 Å². The topological polar surface area (TPSA) is 72.2 Å². The Balaban J connectivity index is 2.21. The summed E-state index contributed by atoms with van der Waals surface area (Å²) in [7, 11) is 0. The van der Waals surface area contributed by atoms with E-state index < -0.39 is 0 Å². The fourth-order valence-electron chi connectivity index (χ4n) is 3.24. The molecule has 0 atom stereocenters. The molecule has 5 heteroatoms. The Labute approximate surface area is 131 Å². The Bertz CT molecular complexity index is 1100. The molecule has 4 rings (SSSR count). The molecule has 1 N–H and O–H groups in total. The smallest absolute Gasteiger partial charge is 0.277 e. The van der Waals surface area contributed by atoms with Crippen molar-refractivity contribution in [1.82, 2.24) is 0 Å². The van der Waals surface area contributed by atoms with Crippen LogP contribution in [0.3, 0.4) is 0 Å². The molecule has 5 nitrogen and oxygen atoms in total. The molecule has 0 heterocycles. The molecule has 4 aromatic carbocycles. The van der Waals surface area contributed by atoms with E-state index in [9.17, 15) is 14.9 Å². The second kappa shape index (κ2) is 4.64. The second-order valence-electron chi connectivity index (χ2n) is 5.56. The van der Waals surface area contributed by atoms with Crippen molar-refractivity contribution in [3.05, 3.63) is 58.6 Å². The van der Waals surface area contributed by atoms with Crippen LogP contribution < -0.4 is 5.32 Å². The Morgan fingerprint density at radius 1 is 0.913 bits per heavy atom. The van der Waals surface area contributed by atoms with Gasteiger partial charge in [0.05, 0.1) is 10.3 Å². The molecule has 0 fully saturated rings. The molecular weight excluding hydrogens is 292 g/mol. The van der Waals surface area contributed by atoms with E-state index in [-0.39, 0.29) is 16.5 Å². The lowest BCUT2D eigenvalue weighted by molar-refractivity contribution is -0.383. The maximum Gasteiger partial charge on any atom is 0.277 e. The highest BCUT2D eigenvalue weighted by molar-refractivity contribution is 6.27. The van der Waals surface area contributed by atoms with Gasteiger partial charge in [0.15, 0.2) is 0 Å². The first-order chi connectivity index (χ1) is 11.1. The van der Waals surface area contributed by atoms with Gasteiger partial charge in [-0.25, -0.2) is 0 Å². The maximum absolute atomic E-state index is 11.4. The van der Waals surface area contributed by atoms with Gasteiger partial charge in [-0.2, -0.15) is 0 Å². The van der Waals surface area contributed by atoms with Crippen LogP contribution in [0.2, 0.25) is 0 Å². The van der Waals surface area contributed by atoms with Crippen molar-refractivity contribution in [2.75, 3.05) is 5.32 Å². The van der Waals surface area contributed by atoms with Crippen LogP contribution in [0.25, 0.3) is 32.3 Å². The zero-order valence-electron chi connectivity index (χ0n) is 12.3. The van der Waals surface area contributed by atoms with Crippen molar-refractivity contribution < 1.29 is 9.72 Å². The summed E-state index contributed by atoms with van der Waals surface area (Å²) >= 11 is 0. The van der Waals surface area contributed by atoms with E-state index in [0.29, 0.717) is 11.1 Å². The second-order valence-corrected chi connectivity index (χ2v) is 5.56. The standard InChI is InChI=1S/C18H12N2O3/c1-10(21)19-15-8-4-11-3-7-14-16(20(22)23)9-5-12-2-6-13(15)17(11)18(12)14/h2-9H,1H3,(H,19,21). The van der Waals surface area contributed by atoms with Crippen molar-refractivity contribution in [1.29, 1.82) is 0 Å². The molecule has 0 spiro atoms. The van der Waals surface area contributed by atoms with Gasteiger partial charge >= 0.3 is 0 Å². The molecule has 0 aliphatic rings. The van der Waals surface area contributed by atoms with Crippen LogP contribution >= 0.6 is 0 Å². The zero-order chi connectivity index (χ0) is 16.1. The normalized spacial score (nSPS) is 11.3. The van der Waals surface area contributed by atoms with Crippen molar-refractivity contribution in [3.63, 3.8) is 0 Å². The lowest BCUT2D eigenvalue weighted by Crippen LogP contribution is -2.06. The Morgan fingerprint density at radius 3 is 2.13 bits per heavy atom. The van der Waals surface area contributed by atoms with Crippen molar-refractivity contribution in [3.8, 4) is 0 Å². The molecule has 0 aromatic heterocycles. The largest absolute Gasteiger partial charge is 0.326 e. The van der Waals surface area contributed by atoms with E-state index in [1.807, 2.05) is 30.3 Å². The van der Waals surface area contributed by atoms with Gasteiger partial charge in [-0.3, -0.25) is 14.9 Å². The van der Waals surface area contributed by atoms with Gasteiger partial charge in [0.25, 0.3) is 5.69 Å². The van der Waals surface area contributed by atoms with Gasteiger partial charge in [-0.1, -0.05) is 24.3 Å². The summed E-state index contributed by atoms with van der Waals surface area (Å²) in [6.45, 7) is 1.46. The number of hydrogen-bond acceptors (Lipinski definition) is 3. The van der Waals surface area contributed by atoms with E-state index >= 15 is 0 Å². The lowest BCUT2D eigenvalue weighted by atomic mass is 9.93. The highest BCUT2D eigenvalue weighted by Crippen LogP contribution is 2.40. The number of anilines is 1. The van der Waals surface area contributed by atoms with Crippen molar-refractivity contribution in [2.45, 2.75) is 6.92 Å². The lowest BCUT2D eigenvalue weighted by Gasteiger charge is -2.14. The first kappa shape index (κ1) is 13.5. The van der Waals surface area contributed by atoms with Crippen molar-refractivity contribution >= 4 is 49.6 Å². The maximum atomic E-state index is 11.4. The number of non-ortho nitro benzene ring substituents is 1. The Hall–Kier alpha value is -3.21. The number of amides is 1. The van der Waals surface area contributed by atoms with E-state index in [4.69, 9.17) is 0 Å². The first-order valence-corrected chi connectivity index (χ1v) is 7.19. The number of rotatable bonds is 2. The van der Waals surface area contributed by atoms with Crippen LogP contribution in [0.4, 0.5) is 11.4 Å². The molecule has 0 radical (unpaired) electrons. The van der Waals surface area contributed by atoms with Crippen LogP contribution in [0, 0.1) is 10.1 Å². The highest BCUT2D eigenvalue weighted by atomic mass is 16.6. The van der Waals surface area contributed by atoms with Gasteiger partial charge in [0, 0.05) is 29.4 Å². The molecule has 4 aromatic rings. The summed E-state index contributed by atoms with van der Waals surface area (Å²) < 4.78 is 0. The minimum Gasteiger partial charge on any atom is -0.326 e. The van der Waals surface area contributed by atoms with Gasteiger partial charge in [0.2, 0.25) is 5.91 Å². The average Bonchev–Trinajstić information content (AvgIpc) is 2.53. The van der Waals surface area contributed by atoms with Crippen LogP contribution in [-0.2, 0) is 4.79 Å². The first-order valence-electron chi connectivity index (χ1n) is 7.19. The van der Waals surface area contributed by atoms with Crippen LogP contribution in [0.5, 0.6) is 0 Å². The van der Waals surface area contributed by atoms with Crippen LogP contribution in [0.15, 0.2) is 48.5 Å². The third kappa shape index (κ3) is 1.90. The minimum absolute atomic E-state index is 0.0943. The fourth-order valence-corrected chi connectivity index (χ4v) is 3.24. The quantitative estimate of drug-likeness (QED) is 0.338. The molecule has 0 saturated carbocycles. The SMILES string of the molecule is CC(=O)Nc1ccc2ccc3c([N+](=O)[O-])ccc4ccc1c2c43. The summed E-state index contributed by atoms with van der Waals surface area (Å²) in [6, 6.07) is 14.6. The van der Waals surface area contributed by atoms with Crippen LogP contribution in [0.1, 0.15) is 6.92 Å². The number of hydrogen-bond donors (Lipinski definition) is 1. The molecule has 0 saturated heterocycles. The Kier molecular flexibility index (Phi) is 2.72. The fraction of sp³-hybridized carbons (Fsp3) is 0.0556. The van der Waals surface area contributed by atoms with E-state index in [2.05, 4.69) is 5.32 Å². The minimum atomic E-state index is -0.361. The van der Waals surface area contributed by atoms with Crippen molar-refractivity contribution in [2.24, 2.45) is 0 Å². The monoisotopic (exact) mass is 304 g/mol. The number of carbonyl (C=O) groups is 1. The third-order valence-corrected chi connectivity index (χ3v) is 4.15.